The molecular weight excluding hydrogens is 436 g/mol. The summed E-state index contributed by atoms with van der Waals surface area (Å²) in [5, 5.41) is 0. The maximum Gasteiger partial charge on any atom is 0.0780 e. The summed E-state index contributed by atoms with van der Waals surface area (Å²) in [6.45, 7) is 0. The molecule has 0 aliphatic rings. The van der Waals surface area contributed by atoms with E-state index in [-0.39, 0.29) is 0 Å². The minimum absolute atomic E-state index is 0.981. The summed E-state index contributed by atoms with van der Waals surface area (Å²) in [7, 11) is 0. The van der Waals surface area contributed by atoms with Gasteiger partial charge in [0.2, 0.25) is 0 Å². The van der Waals surface area contributed by atoms with E-state index in [1.165, 1.54) is 11.1 Å². The predicted molar refractivity (Wildman–Crippen MR) is 149 cm³/mol. The van der Waals surface area contributed by atoms with Gasteiger partial charge in [0.15, 0.2) is 0 Å². The number of rotatable bonds is 5. The van der Waals surface area contributed by atoms with Crippen LogP contribution in [0.2, 0.25) is 0 Å². The molecule has 0 N–H and O–H groups in total. The zero-order chi connectivity index (χ0) is 24.2. The van der Waals surface area contributed by atoms with Crippen LogP contribution in [-0.4, -0.2) is 9.97 Å². The molecule has 0 amide bonds. The summed E-state index contributed by atoms with van der Waals surface area (Å²) in [5.41, 5.74) is 11.0. The van der Waals surface area contributed by atoms with Gasteiger partial charge in [-0.15, -0.1) is 0 Å². The third kappa shape index (κ3) is 4.10. The summed E-state index contributed by atoms with van der Waals surface area (Å²) in [6, 6.07) is 46.3. The van der Waals surface area contributed by atoms with Crippen LogP contribution >= 0.6 is 0 Å². The van der Waals surface area contributed by atoms with Crippen LogP contribution in [0, 0.1) is 0 Å². The summed E-state index contributed by atoms with van der Waals surface area (Å²) in [4.78, 5) is 9.57. The summed E-state index contributed by atoms with van der Waals surface area (Å²) in [6.07, 6.45) is 3.73. The second-order valence-electron chi connectivity index (χ2n) is 8.62. The molecule has 0 saturated heterocycles. The van der Waals surface area contributed by atoms with Crippen molar-refractivity contribution in [3.63, 3.8) is 0 Å². The van der Waals surface area contributed by atoms with Crippen molar-refractivity contribution in [1.82, 2.24) is 9.97 Å². The Morgan fingerprint density at radius 3 is 0.972 bits per heavy atom. The number of benzene rings is 4. The molecule has 0 atom stereocenters. The van der Waals surface area contributed by atoms with Crippen molar-refractivity contribution in [2.75, 3.05) is 0 Å². The third-order valence-corrected chi connectivity index (χ3v) is 6.43. The van der Waals surface area contributed by atoms with Gasteiger partial charge in [0.25, 0.3) is 0 Å². The van der Waals surface area contributed by atoms with Crippen LogP contribution in [0.3, 0.4) is 0 Å². The maximum absolute atomic E-state index is 4.78. The average molecular weight is 461 g/mol. The quantitative estimate of drug-likeness (QED) is 0.257. The van der Waals surface area contributed by atoms with Crippen LogP contribution < -0.4 is 0 Å². The first-order chi connectivity index (χ1) is 17.9. The van der Waals surface area contributed by atoms with E-state index in [9.17, 15) is 0 Å². The fourth-order valence-corrected chi connectivity index (χ4v) is 4.80. The standard InChI is InChI=1S/C34H24N2/c1-3-13-25(14-4-1)33-31(21-11-23-35-33)29-19-9-7-17-27(29)28-18-8-10-20-30(28)32-22-12-24-36-34(32)26-15-5-2-6-16-26/h1-24H. The zero-order valence-corrected chi connectivity index (χ0v) is 19.8. The lowest BCUT2D eigenvalue weighted by atomic mass is 9.87. The molecule has 170 valence electrons. The van der Waals surface area contributed by atoms with E-state index >= 15 is 0 Å². The fourth-order valence-electron chi connectivity index (χ4n) is 4.80. The lowest BCUT2D eigenvalue weighted by Gasteiger charge is -2.18. The van der Waals surface area contributed by atoms with Crippen LogP contribution in [0.25, 0.3) is 55.9 Å². The van der Waals surface area contributed by atoms with Crippen molar-refractivity contribution in [2.45, 2.75) is 0 Å². The lowest BCUT2D eigenvalue weighted by Crippen LogP contribution is -1.94. The summed E-state index contributed by atoms with van der Waals surface area (Å²) >= 11 is 0. The first kappa shape index (κ1) is 21.7. The Morgan fingerprint density at radius 1 is 0.278 bits per heavy atom. The van der Waals surface area contributed by atoms with Gasteiger partial charge in [0.1, 0.15) is 0 Å². The van der Waals surface area contributed by atoms with Crippen LogP contribution in [0.5, 0.6) is 0 Å². The molecule has 2 heteroatoms. The molecule has 0 spiro atoms. The number of pyridine rings is 2. The van der Waals surface area contributed by atoms with Crippen LogP contribution in [0.4, 0.5) is 0 Å². The van der Waals surface area contributed by atoms with E-state index < -0.39 is 0 Å². The molecule has 4 aromatic carbocycles. The van der Waals surface area contributed by atoms with Crippen molar-refractivity contribution in [2.24, 2.45) is 0 Å². The fraction of sp³-hybridized carbons (Fsp3) is 0. The number of nitrogens with zero attached hydrogens (tertiary/aromatic N) is 2. The molecule has 0 aliphatic heterocycles. The van der Waals surface area contributed by atoms with E-state index in [0.29, 0.717) is 0 Å². The SMILES string of the molecule is c1ccc(-c2ncccc2-c2ccccc2-c2ccccc2-c2cccnc2-c2ccccc2)cc1. The second kappa shape index (κ2) is 9.81. The molecule has 0 aliphatic carbocycles. The van der Waals surface area contributed by atoms with Gasteiger partial charge in [0, 0.05) is 34.6 Å². The monoisotopic (exact) mass is 460 g/mol. The van der Waals surface area contributed by atoms with E-state index in [4.69, 9.17) is 9.97 Å². The number of hydrogen-bond acceptors (Lipinski definition) is 2. The van der Waals surface area contributed by atoms with Gasteiger partial charge in [0.05, 0.1) is 11.4 Å². The Labute approximate surface area is 211 Å². The Morgan fingerprint density at radius 2 is 0.583 bits per heavy atom. The highest BCUT2D eigenvalue weighted by atomic mass is 14.7. The Kier molecular flexibility index (Phi) is 5.91. The zero-order valence-electron chi connectivity index (χ0n) is 19.8. The molecule has 2 heterocycles. The molecule has 0 unspecified atom stereocenters. The van der Waals surface area contributed by atoms with Gasteiger partial charge in [-0.1, -0.05) is 121 Å². The summed E-state index contributed by atoms with van der Waals surface area (Å²) < 4.78 is 0. The Hall–Kier alpha value is -4.82. The first-order valence-corrected chi connectivity index (χ1v) is 12.1. The van der Waals surface area contributed by atoms with Crippen molar-refractivity contribution >= 4 is 0 Å². The molecule has 6 rings (SSSR count). The molecule has 36 heavy (non-hydrogen) atoms. The van der Waals surface area contributed by atoms with Crippen LogP contribution in [-0.2, 0) is 0 Å². The van der Waals surface area contributed by atoms with Crippen molar-refractivity contribution in [3.05, 3.63) is 146 Å². The highest BCUT2D eigenvalue weighted by Gasteiger charge is 2.17. The van der Waals surface area contributed by atoms with Gasteiger partial charge in [-0.2, -0.15) is 0 Å². The highest BCUT2D eigenvalue weighted by Crippen LogP contribution is 2.42. The minimum Gasteiger partial charge on any atom is -0.256 e. The lowest BCUT2D eigenvalue weighted by molar-refractivity contribution is 1.32. The second-order valence-corrected chi connectivity index (χ2v) is 8.62. The van der Waals surface area contributed by atoms with E-state index in [2.05, 4.69) is 109 Å². The maximum atomic E-state index is 4.78. The van der Waals surface area contributed by atoms with Gasteiger partial charge in [-0.25, -0.2) is 0 Å². The normalized spacial score (nSPS) is 10.8. The Bertz CT molecular complexity index is 1500. The molecular formula is C34H24N2. The molecule has 0 bridgehead atoms. The molecule has 0 fully saturated rings. The van der Waals surface area contributed by atoms with Crippen LogP contribution in [0.1, 0.15) is 0 Å². The van der Waals surface area contributed by atoms with Gasteiger partial charge < -0.3 is 0 Å². The van der Waals surface area contributed by atoms with E-state index in [1.54, 1.807) is 0 Å². The smallest absolute Gasteiger partial charge is 0.0780 e. The van der Waals surface area contributed by atoms with Crippen molar-refractivity contribution < 1.29 is 0 Å². The van der Waals surface area contributed by atoms with Gasteiger partial charge in [-0.05, 0) is 34.4 Å². The predicted octanol–water partition coefficient (Wildman–Crippen LogP) is 8.81. The van der Waals surface area contributed by atoms with Crippen molar-refractivity contribution in [3.8, 4) is 55.9 Å². The molecule has 2 aromatic heterocycles. The van der Waals surface area contributed by atoms with Gasteiger partial charge in [-0.3, -0.25) is 9.97 Å². The largest absolute Gasteiger partial charge is 0.256 e. The molecule has 0 radical (unpaired) electrons. The molecule has 0 saturated carbocycles. The minimum atomic E-state index is 0.981. The highest BCUT2D eigenvalue weighted by molar-refractivity contribution is 5.97. The average Bonchev–Trinajstić information content (AvgIpc) is 2.98. The van der Waals surface area contributed by atoms with Crippen LogP contribution in [0.15, 0.2) is 146 Å². The number of hydrogen-bond donors (Lipinski definition) is 0. The first-order valence-electron chi connectivity index (χ1n) is 12.1. The third-order valence-electron chi connectivity index (χ3n) is 6.43. The van der Waals surface area contributed by atoms with Gasteiger partial charge >= 0.3 is 0 Å². The molecule has 2 nitrogen and oxygen atoms in total. The summed E-state index contributed by atoms with van der Waals surface area (Å²) in [5.74, 6) is 0. The molecule has 6 aromatic rings. The Balaban J connectivity index is 1.56. The van der Waals surface area contributed by atoms with Crippen molar-refractivity contribution in [1.29, 1.82) is 0 Å². The topological polar surface area (TPSA) is 25.8 Å². The number of aromatic nitrogens is 2. The van der Waals surface area contributed by atoms with E-state index in [1.807, 2.05) is 36.7 Å². The van der Waals surface area contributed by atoms with E-state index in [0.717, 1.165) is 44.8 Å².